The van der Waals surface area contributed by atoms with Crippen LogP contribution in [-0.2, 0) is 6.54 Å². The number of halogens is 1. The quantitative estimate of drug-likeness (QED) is 0.808. The molecule has 2 nitrogen and oxygen atoms in total. The van der Waals surface area contributed by atoms with Crippen molar-refractivity contribution in [2.24, 2.45) is 0 Å². The number of nitrogens with one attached hydrogen (secondary N) is 1. The van der Waals surface area contributed by atoms with Crippen molar-refractivity contribution in [3.05, 3.63) is 58.6 Å². The molecule has 0 bridgehead atoms. The van der Waals surface area contributed by atoms with Gasteiger partial charge in [0, 0.05) is 12.2 Å². The molecule has 88 valence electrons. The highest BCUT2D eigenvalue weighted by Gasteiger charge is 2.00. The third-order valence-electron chi connectivity index (χ3n) is 2.59. The molecule has 0 radical (unpaired) electrons. The van der Waals surface area contributed by atoms with E-state index in [0.29, 0.717) is 10.7 Å². The average molecular weight is 247 g/mol. The van der Waals surface area contributed by atoms with E-state index in [4.69, 9.17) is 17.3 Å². The SMILES string of the molecule is Cc1ccc(CNc2cc(N)ccc2Cl)cc1. The van der Waals surface area contributed by atoms with E-state index in [2.05, 4.69) is 36.5 Å². The highest BCUT2D eigenvalue weighted by atomic mass is 35.5. The minimum atomic E-state index is 0.686. The molecule has 0 saturated heterocycles. The van der Waals surface area contributed by atoms with E-state index >= 15 is 0 Å². The Kier molecular flexibility index (Phi) is 3.55. The second kappa shape index (κ2) is 5.11. The van der Waals surface area contributed by atoms with E-state index in [9.17, 15) is 0 Å². The number of nitrogens with two attached hydrogens (primary N) is 1. The van der Waals surface area contributed by atoms with Crippen molar-refractivity contribution in [2.45, 2.75) is 13.5 Å². The summed E-state index contributed by atoms with van der Waals surface area (Å²) in [7, 11) is 0. The predicted molar refractivity (Wildman–Crippen MR) is 74.4 cm³/mol. The molecule has 0 aromatic heterocycles. The van der Waals surface area contributed by atoms with Crippen LogP contribution in [0.4, 0.5) is 11.4 Å². The molecule has 3 N–H and O–H groups in total. The zero-order valence-corrected chi connectivity index (χ0v) is 10.5. The fourth-order valence-electron chi connectivity index (χ4n) is 1.58. The zero-order valence-electron chi connectivity index (χ0n) is 9.70. The van der Waals surface area contributed by atoms with Gasteiger partial charge in [-0.2, -0.15) is 0 Å². The number of aryl methyl sites for hydroxylation is 1. The molecule has 0 fully saturated rings. The Balaban J connectivity index is 2.07. The monoisotopic (exact) mass is 246 g/mol. The summed E-state index contributed by atoms with van der Waals surface area (Å²) in [4.78, 5) is 0. The lowest BCUT2D eigenvalue weighted by Crippen LogP contribution is -2.00. The number of hydrogen-bond acceptors (Lipinski definition) is 2. The first-order valence-electron chi connectivity index (χ1n) is 5.49. The lowest BCUT2D eigenvalue weighted by Gasteiger charge is -2.09. The van der Waals surface area contributed by atoms with Gasteiger partial charge in [-0.05, 0) is 30.7 Å². The van der Waals surface area contributed by atoms with Crippen molar-refractivity contribution < 1.29 is 0 Å². The summed E-state index contributed by atoms with van der Waals surface area (Å²) in [5, 5.41) is 3.96. The van der Waals surface area contributed by atoms with Gasteiger partial charge in [0.05, 0.1) is 10.7 Å². The van der Waals surface area contributed by atoms with Gasteiger partial charge in [-0.25, -0.2) is 0 Å². The summed E-state index contributed by atoms with van der Waals surface area (Å²) in [6, 6.07) is 13.8. The Morgan fingerprint density at radius 2 is 1.82 bits per heavy atom. The number of benzene rings is 2. The minimum Gasteiger partial charge on any atom is -0.399 e. The highest BCUT2D eigenvalue weighted by Crippen LogP contribution is 2.24. The molecule has 17 heavy (non-hydrogen) atoms. The molecule has 0 unspecified atom stereocenters. The van der Waals surface area contributed by atoms with Crippen molar-refractivity contribution >= 4 is 23.0 Å². The largest absolute Gasteiger partial charge is 0.399 e. The molecular weight excluding hydrogens is 232 g/mol. The summed E-state index contributed by atoms with van der Waals surface area (Å²) in [5.41, 5.74) is 9.77. The molecule has 2 aromatic carbocycles. The minimum absolute atomic E-state index is 0.686. The van der Waals surface area contributed by atoms with Crippen LogP contribution in [0.5, 0.6) is 0 Å². The maximum absolute atomic E-state index is 6.07. The van der Waals surface area contributed by atoms with Gasteiger partial charge in [-0.15, -0.1) is 0 Å². The number of anilines is 2. The van der Waals surface area contributed by atoms with E-state index in [-0.39, 0.29) is 0 Å². The van der Waals surface area contributed by atoms with Gasteiger partial charge in [-0.3, -0.25) is 0 Å². The Hall–Kier alpha value is -1.67. The summed E-state index contributed by atoms with van der Waals surface area (Å²) in [6.07, 6.45) is 0. The molecular formula is C14H15ClN2. The Morgan fingerprint density at radius 1 is 1.12 bits per heavy atom. The second-order valence-electron chi connectivity index (χ2n) is 4.08. The first-order chi connectivity index (χ1) is 8.15. The lowest BCUT2D eigenvalue weighted by molar-refractivity contribution is 1.14. The molecule has 2 aromatic rings. The van der Waals surface area contributed by atoms with Crippen LogP contribution in [0.1, 0.15) is 11.1 Å². The molecule has 0 aliphatic rings. The van der Waals surface area contributed by atoms with Gasteiger partial charge in [0.2, 0.25) is 0 Å². The Labute approximate surface area is 106 Å². The van der Waals surface area contributed by atoms with Crippen LogP contribution < -0.4 is 11.1 Å². The van der Waals surface area contributed by atoms with E-state index in [1.165, 1.54) is 11.1 Å². The van der Waals surface area contributed by atoms with E-state index < -0.39 is 0 Å². The topological polar surface area (TPSA) is 38.0 Å². The smallest absolute Gasteiger partial charge is 0.0639 e. The fraction of sp³-hybridized carbons (Fsp3) is 0.143. The van der Waals surface area contributed by atoms with Crippen molar-refractivity contribution in [3.63, 3.8) is 0 Å². The molecule has 2 rings (SSSR count). The summed E-state index contributed by atoms with van der Waals surface area (Å²) in [5.74, 6) is 0. The maximum Gasteiger partial charge on any atom is 0.0639 e. The van der Waals surface area contributed by atoms with Gasteiger partial charge in [0.15, 0.2) is 0 Å². The maximum atomic E-state index is 6.07. The van der Waals surface area contributed by atoms with Crippen LogP contribution in [0, 0.1) is 6.92 Å². The van der Waals surface area contributed by atoms with Crippen molar-refractivity contribution in [1.82, 2.24) is 0 Å². The van der Waals surface area contributed by atoms with Gasteiger partial charge >= 0.3 is 0 Å². The molecule has 0 atom stereocenters. The Bertz CT molecular complexity index is 506. The van der Waals surface area contributed by atoms with Crippen molar-refractivity contribution in [3.8, 4) is 0 Å². The van der Waals surface area contributed by atoms with E-state index in [1.807, 2.05) is 6.07 Å². The predicted octanol–water partition coefficient (Wildman–Crippen LogP) is 3.84. The molecule has 0 spiro atoms. The van der Waals surface area contributed by atoms with Crippen LogP contribution >= 0.6 is 11.6 Å². The highest BCUT2D eigenvalue weighted by molar-refractivity contribution is 6.33. The summed E-state index contributed by atoms with van der Waals surface area (Å²) >= 11 is 6.07. The third kappa shape index (κ3) is 3.14. The summed E-state index contributed by atoms with van der Waals surface area (Å²) < 4.78 is 0. The molecule has 3 heteroatoms. The Morgan fingerprint density at radius 3 is 2.53 bits per heavy atom. The first-order valence-corrected chi connectivity index (χ1v) is 5.87. The molecule has 0 saturated carbocycles. The number of nitrogen functional groups attached to an aromatic ring is 1. The van der Waals surface area contributed by atoms with Crippen molar-refractivity contribution in [1.29, 1.82) is 0 Å². The lowest BCUT2D eigenvalue weighted by atomic mass is 10.1. The fourth-order valence-corrected chi connectivity index (χ4v) is 1.77. The van der Waals surface area contributed by atoms with Gasteiger partial charge in [-0.1, -0.05) is 41.4 Å². The molecule has 0 amide bonds. The van der Waals surface area contributed by atoms with Gasteiger partial charge < -0.3 is 11.1 Å². The first kappa shape index (κ1) is 11.8. The van der Waals surface area contributed by atoms with Crippen LogP contribution in [0.25, 0.3) is 0 Å². The number of rotatable bonds is 3. The van der Waals surface area contributed by atoms with Gasteiger partial charge in [0.25, 0.3) is 0 Å². The van der Waals surface area contributed by atoms with Crippen LogP contribution in [0.3, 0.4) is 0 Å². The van der Waals surface area contributed by atoms with Crippen LogP contribution in [0.15, 0.2) is 42.5 Å². The normalized spacial score (nSPS) is 10.2. The summed E-state index contributed by atoms with van der Waals surface area (Å²) in [6.45, 7) is 2.81. The molecule has 0 heterocycles. The van der Waals surface area contributed by atoms with E-state index in [1.54, 1.807) is 12.1 Å². The van der Waals surface area contributed by atoms with Crippen LogP contribution in [-0.4, -0.2) is 0 Å². The zero-order chi connectivity index (χ0) is 12.3. The van der Waals surface area contributed by atoms with Crippen molar-refractivity contribution in [2.75, 3.05) is 11.1 Å². The standard InChI is InChI=1S/C14H15ClN2/c1-10-2-4-11(5-3-10)9-17-14-8-12(16)6-7-13(14)15/h2-8,17H,9,16H2,1H3. The molecule has 0 aliphatic carbocycles. The average Bonchev–Trinajstić information content (AvgIpc) is 2.32. The third-order valence-corrected chi connectivity index (χ3v) is 2.92. The van der Waals surface area contributed by atoms with E-state index in [0.717, 1.165) is 12.2 Å². The second-order valence-corrected chi connectivity index (χ2v) is 4.49. The number of hydrogen-bond donors (Lipinski definition) is 2. The molecule has 0 aliphatic heterocycles. The van der Waals surface area contributed by atoms with Crippen LogP contribution in [0.2, 0.25) is 5.02 Å². The van der Waals surface area contributed by atoms with Gasteiger partial charge in [0.1, 0.15) is 0 Å².